The highest BCUT2D eigenvalue weighted by molar-refractivity contribution is 6.30. The summed E-state index contributed by atoms with van der Waals surface area (Å²) in [5.41, 5.74) is 5.34. The molecule has 1 saturated heterocycles. The number of imidazole rings is 1. The van der Waals surface area contributed by atoms with Crippen LogP contribution in [0.5, 0.6) is 0 Å². The van der Waals surface area contributed by atoms with Gasteiger partial charge in [0, 0.05) is 31.9 Å². The number of rotatable bonds is 8. The van der Waals surface area contributed by atoms with Gasteiger partial charge in [-0.2, -0.15) is 0 Å². The van der Waals surface area contributed by atoms with Crippen molar-refractivity contribution < 1.29 is 9.90 Å². The number of hydrogen-bond acceptors (Lipinski definition) is 6. The molecule has 0 unspecified atom stereocenters. The molecule has 0 radical (unpaired) electrons. The largest absolute Gasteiger partial charge is 0.387 e. The first-order chi connectivity index (χ1) is 19.2. The van der Waals surface area contributed by atoms with Crippen LogP contribution in [0.2, 0.25) is 5.02 Å². The first-order valence-electron chi connectivity index (χ1n) is 13.5. The summed E-state index contributed by atoms with van der Waals surface area (Å²) in [4.78, 5) is 39.8. The van der Waals surface area contributed by atoms with Crippen LogP contribution < -0.4 is 10.9 Å². The average Bonchev–Trinajstić information content (AvgIpc) is 3.36. The Morgan fingerprint density at radius 3 is 2.73 bits per heavy atom. The number of carbonyl (C=O) groups excluding carboxylic acids is 1. The number of nitrogens with one attached hydrogen (secondary N) is 3. The number of aliphatic hydroxyl groups excluding tert-OH is 1. The highest BCUT2D eigenvalue weighted by Crippen LogP contribution is 2.33. The molecule has 1 atom stereocenters. The number of halogens is 1. The van der Waals surface area contributed by atoms with Crippen LogP contribution in [0.15, 0.2) is 53.5 Å². The summed E-state index contributed by atoms with van der Waals surface area (Å²) in [7, 11) is 3.58. The van der Waals surface area contributed by atoms with Crippen molar-refractivity contribution in [1.82, 2.24) is 24.8 Å². The summed E-state index contributed by atoms with van der Waals surface area (Å²) in [5.74, 6) is 0.990. The maximum Gasteiger partial charge on any atom is 0.261 e. The second kappa shape index (κ2) is 11.8. The quantitative estimate of drug-likeness (QED) is 0.254. The Bertz CT molecular complexity index is 1570. The van der Waals surface area contributed by atoms with E-state index in [-0.39, 0.29) is 18.0 Å². The number of aryl methyl sites for hydroxylation is 1. The predicted molar refractivity (Wildman–Crippen MR) is 159 cm³/mol. The second-order valence-electron chi connectivity index (χ2n) is 10.7. The van der Waals surface area contributed by atoms with Crippen molar-refractivity contribution in [2.45, 2.75) is 31.8 Å². The number of aromatic amines is 2. The molecular formula is C30H35ClN6O3. The number of likely N-dealkylation sites (N-methyl/N-ethyl adjacent to an activating group) is 1. The number of aromatic nitrogens is 3. The van der Waals surface area contributed by atoms with Gasteiger partial charge in [0.1, 0.15) is 11.4 Å². The number of hydrogen-bond donors (Lipinski definition) is 4. The van der Waals surface area contributed by atoms with E-state index in [1.165, 1.54) is 5.56 Å². The minimum Gasteiger partial charge on any atom is -0.387 e. The molecule has 4 aromatic rings. The number of anilines is 1. The van der Waals surface area contributed by atoms with Crippen molar-refractivity contribution in [1.29, 1.82) is 0 Å². The van der Waals surface area contributed by atoms with Gasteiger partial charge >= 0.3 is 0 Å². The van der Waals surface area contributed by atoms with Gasteiger partial charge in [-0.15, -0.1) is 0 Å². The molecule has 2 aromatic carbocycles. The fourth-order valence-electron chi connectivity index (χ4n) is 5.33. The summed E-state index contributed by atoms with van der Waals surface area (Å²) in [5, 5.41) is 14.4. The summed E-state index contributed by atoms with van der Waals surface area (Å²) < 4.78 is 0. The van der Waals surface area contributed by atoms with Crippen molar-refractivity contribution in [3.63, 3.8) is 0 Å². The lowest BCUT2D eigenvalue weighted by Gasteiger charge is -2.32. The van der Waals surface area contributed by atoms with E-state index in [1.807, 2.05) is 13.0 Å². The van der Waals surface area contributed by atoms with E-state index in [0.717, 1.165) is 42.5 Å². The number of pyridine rings is 1. The lowest BCUT2D eigenvalue weighted by molar-refractivity contribution is -0.130. The van der Waals surface area contributed by atoms with Crippen molar-refractivity contribution in [2.75, 3.05) is 45.6 Å². The molecule has 40 heavy (non-hydrogen) atoms. The first-order valence-corrected chi connectivity index (χ1v) is 13.9. The Labute approximate surface area is 238 Å². The number of nitrogens with zero attached hydrogens (tertiary/aromatic N) is 3. The third-order valence-electron chi connectivity index (χ3n) is 7.63. The van der Waals surface area contributed by atoms with Gasteiger partial charge in [0.2, 0.25) is 5.91 Å². The van der Waals surface area contributed by atoms with Gasteiger partial charge in [-0.1, -0.05) is 29.8 Å². The maximum atomic E-state index is 13.0. The van der Waals surface area contributed by atoms with Gasteiger partial charge in [0.25, 0.3) is 5.56 Å². The maximum absolute atomic E-state index is 13.0. The number of amides is 1. The normalized spacial score (nSPS) is 15.3. The molecular weight excluding hydrogens is 528 g/mol. The Hall–Kier alpha value is -3.66. The van der Waals surface area contributed by atoms with Gasteiger partial charge in [-0.05, 0) is 79.7 Å². The number of aliphatic hydroxyl groups is 1. The van der Waals surface area contributed by atoms with E-state index in [2.05, 4.69) is 32.3 Å². The number of likely N-dealkylation sites (tertiary alicyclic amines) is 1. The van der Waals surface area contributed by atoms with E-state index in [1.54, 1.807) is 49.5 Å². The molecule has 5 rings (SSSR count). The minimum atomic E-state index is -0.807. The van der Waals surface area contributed by atoms with Gasteiger partial charge in [0.15, 0.2) is 0 Å². The van der Waals surface area contributed by atoms with Crippen molar-refractivity contribution in [3.05, 3.63) is 80.7 Å². The smallest absolute Gasteiger partial charge is 0.261 e. The van der Waals surface area contributed by atoms with Gasteiger partial charge in [-0.3, -0.25) is 14.5 Å². The van der Waals surface area contributed by atoms with Crippen LogP contribution in [0.1, 0.15) is 41.6 Å². The molecule has 0 bridgehead atoms. The molecule has 2 aromatic heterocycles. The minimum absolute atomic E-state index is 0.129. The molecule has 1 fully saturated rings. The number of benzene rings is 2. The summed E-state index contributed by atoms with van der Waals surface area (Å²) in [6, 6.07) is 13.2. The third kappa shape index (κ3) is 6.06. The van der Waals surface area contributed by atoms with Crippen LogP contribution >= 0.6 is 11.6 Å². The van der Waals surface area contributed by atoms with E-state index in [9.17, 15) is 14.7 Å². The predicted octanol–water partition coefficient (Wildman–Crippen LogP) is 4.29. The zero-order valence-corrected chi connectivity index (χ0v) is 23.8. The molecule has 10 heteroatoms. The van der Waals surface area contributed by atoms with Crippen LogP contribution in [-0.4, -0.2) is 76.0 Å². The Morgan fingerprint density at radius 2 is 2.00 bits per heavy atom. The zero-order chi connectivity index (χ0) is 28.4. The number of carbonyl (C=O) groups is 1. The van der Waals surface area contributed by atoms with Crippen molar-refractivity contribution >= 4 is 34.2 Å². The Balaban J connectivity index is 1.35. The molecule has 1 aliphatic rings. The average molecular weight is 563 g/mol. The van der Waals surface area contributed by atoms with E-state index < -0.39 is 6.10 Å². The highest BCUT2D eigenvalue weighted by atomic mass is 35.5. The summed E-state index contributed by atoms with van der Waals surface area (Å²) in [6.07, 6.45) is 2.73. The fraction of sp³-hybridized carbons (Fsp3) is 0.367. The van der Waals surface area contributed by atoms with E-state index >= 15 is 0 Å². The summed E-state index contributed by atoms with van der Waals surface area (Å²) >= 11 is 6.07. The molecule has 1 amide bonds. The zero-order valence-electron chi connectivity index (χ0n) is 23.0. The molecule has 0 saturated carbocycles. The first kappa shape index (κ1) is 27.9. The molecule has 0 spiro atoms. The molecule has 9 nitrogen and oxygen atoms in total. The molecule has 3 heterocycles. The third-order valence-corrected chi connectivity index (χ3v) is 7.87. The summed E-state index contributed by atoms with van der Waals surface area (Å²) in [6.45, 7) is 4.45. The lowest BCUT2D eigenvalue weighted by atomic mass is 9.88. The van der Waals surface area contributed by atoms with Gasteiger partial charge < -0.3 is 25.3 Å². The highest BCUT2D eigenvalue weighted by Gasteiger charge is 2.24. The monoisotopic (exact) mass is 562 g/mol. The number of fused-ring (bicyclic) bond motifs is 1. The number of H-pyrrole nitrogens is 2. The Morgan fingerprint density at radius 1 is 1.23 bits per heavy atom. The molecule has 4 N–H and O–H groups in total. The molecule has 210 valence electrons. The topological polar surface area (TPSA) is 117 Å². The number of piperidine rings is 1. The van der Waals surface area contributed by atoms with Crippen molar-refractivity contribution in [3.8, 4) is 11.4 Å². The SMILES string of the molecule is Cc1cc(C2CCN(CC(=O)N(C)C)CC2)cc2[nH]c(-c3c(NC[C@@H](O)c4cccc(Cl)c4)cc[nH]c3=O)nc12. The van der Waals surface area contributed by atoms with E-state index in [4.69, 9.17) is 16.6 Å². The van der Waals surface area contributed by atoms with Gasteiger partial charge in [-0.25, -0.2) is 4.98 Å². The molecule has 1 aliphatic heterocycles. The van der Waals surface area contributed by atoms with Crippen LogP contribution in [0, 0.1) is 6.92 Å². The van der Waals surface area contributed by atoms with Crippen LogP contribution in [0.4, 0.5) is 5.69 Å². The van der Waals surface area contributed by atoms with Crippen LogP contribution in [0.3, 0.4) is 0 Å². The van der Waals surface area contributed by atoms with E-state index in [0.29, 0.717) is 40.1 Å². The Kier molecular flexibility index (Phi) is 8.25. The lowest BCUT2D eigenvalue weighted by Crippen LogP contribution is -2.40. The standard InChI is InChI=1S/C30H35ClN6O3/c1-18-13-21(19-8-11-37(12-9-19)17-26(39)36(2)3)15-24-28(18)35-29(34-24)27-23(7-10-32-30(27)40)33-16-25(38)20-5-4-6-22(31)14-20/h4-7,10,13-15,19,25,38H,8-9,11-12,16-17H2,1-3H3,(H,34,35)(H2,32,33,40)/t25-/m1/s1. The van der Waals surface area contributed by atoms with Crippen LogP contribution in [0.25, 0.3) is 22.4 Å². The fourth-order valence-corrected chi connectivity index (χ4v) is 5.53. The molecule has 0 aliphatic carbocycles. The van der Waals surface area contributed by atoms with Gasteiger partial charge in [0.05, 0.1) is 29.4 Å². The second-order valence-corrected chi connectivity index (χ2v) is 11.1. The van der Waals surface area contributed by atoms with Crippen molar-refractivity contribution in [2.24, 2.45) is 0 Å². The van der Waals surface area contributed by atoms with Crippen LogP contribution in [-0.2, 0) is 4.79 Å².